The fraction of sp³-hybridized carbons (Fsp3) is 0.375. The van der Waals surface area contributed by atoms with Crippen molar-refractivity contribution in [3.05, 3.63) is 24.0 Å². The van der Waals surface area contributed by atoms with Crippen molar-refractivity contribution in [2.75, 3.05) is 0 Å². The van der Waals surface area contributed by atoms with Gasteiger partial charge >= 0.3 is 0 Å². The fourth-order valence-electron chi connectivity index (χ4n) is 1.02. The first-order valence-electron chi connectivity index (χ1n) is 3.58. The lowest BCUT2D eigenvalue weighted by atomic mass is 10.3. The Balaban J connectivity index is 3.12. The van der Waals surface area contributed by atoms with Crippen LogP contribution in [-0.4, -0.2) is 14.9 Å². The quantitative estimate of drug-likeness (QED) is 0.655. The summed E-state index contributed by atoms with van der Waals surface area (Å²) in [6.45, 7) is 8.05. The molecule has 0 aliphatic heterocycles. The Bertz CT molecular complexity index is 276. The molecule has 1 aromatic rings. The topological polar surface area (TPSA) is 38.1 Å². The van der Waals surface area contributed by atoms with Crippen LogP contribution in [-0.2, 0) is 6.54 Å². The maximum Gasteiger partial charge on any atom is 0.133 e. The van der Waals surface area contributed by atoms with Gasteiger partial charge in [0.25, 0.3) is 0 Å². The molecule has 0 amide bonds. The maximum atomic E-state index is 9.09. The third-order valence-corrected chi connectivity index (χ3v) is 1.50. The summed E-state index contributed by atoms with van der Waals surface area (Å²) in [7, 11) is 0. The first-order chi connectivity index (χ1) is 5.15. The number of aliphatic hydroxyl groups is 1. The van der Waals surface area contributed by atoms with E-state index in [0.29, 0.717) is 5.69 Å². The second-order valence-corrected chi connectivity index (χ2v) is 2.43. The molecule has 0 atom stereocenters. The highest BCUT2D eigenvalue weighted by atomic mass is 16.3. The van der Waals surface area contributed by atoms with Crippen molar-refractivity contribution in [2.24, 2.45) is 0 Å². The van der Waals surface area contributed by atoms with Crippen molar-refractivity contribution in [1.29, 1.82) is 0 Å². The van der Waals surface area contributed by atoms with E-state index >= 15 is 0 Å². The van der Waals surface area contributed by atoms with Gasteiger partial charge in [-0.2, -0.15) is 5.10 Å². The molecule has 1 heterocycles. The lowest BCUT2D eigenvalue weighted by Gasteiger charge is -2.00. The average Bonchev–Trinajstić information content (AvgIpc) is 2.30. The van der Waals surface area contributed by atoms with Gasteiger partial charge in [0.15, 0.2) is 0 Å². The first-order valence-corrected chi connectivity index (χ1v) is 3.58. The molecule has 1 N–H and O–H groups in total. The number of aromatic nitrogens is 2. The Morgan fingerprint density at radius 1 is 1.82 bits per heavy atom. The second kappa shape index (κ2) is 2.78. The Labute approximate surface area is 66.0 Å². The summed E-state index contributed by atoms with van der Waals surface area (Å²) in [6.07, 6.45) is 0. The molecule has 0 aliphatic carbocycles. The third-order valence-electron chi connectivity index (χ3n) is 1.50. The van der Waals surface area contributed by atoms with E-state index in [2.05, 4.69) is 11.7 Å². The second-order valence-electron chi connectivity index (χ2n) is 2.43. The molecule has 0 bridgehead atoms. The van der Waals surface area contributed by atoms with Crippen LogP contribution in [0, 0.1) is 6.92 Å². The predicted octanol–water partition coefficient (Wildman–Crippen LogP) is 1.74. The number of hydrogen-bond acceptors (Lipinski definition) is 2. The monoisotopic (exact) mass is 152 g/mol. The van der Waals surface area contributed by atoms with E-state index in [-0.39, 0.29) is 5.76 Å². The largest absolute Gasteiger partial charge is 0.506 e. The molecule has 0 radical (unpaired) electrons. The molecular weight excluding hydrogens is 140 g/mol. The summed E-state index contributed by atoms with van der Waals surface area (Å²) in [6, 6.07) is 1.81. The highest BCUT2D eigenvalue weighted by molar-refractivity contribution is 5.52. The van der Waals surface area contributed by atoms with Gasteiger partial charge in [-0.25, -0.2) is 0 Å². The molecule has 0 unspecified atom stereocenters. The van der Waals surface area contributed by atoms with E-state index in [1.807, 2.05) is 19.9 Å². The molecule has 0 saturated carbocycles. The van der Waals surface area contributed by atoms with Crippen molar-refractivity contribution < 1.29 is 5.11 Å². The third kappa shape index (κ3) is 1.42. The molecule has 11 heavy (non-hydrogen) atoms. The van der Waals surface area contributed by atoms with Gasteiger partial charge in [-0.3, -0.25) is 4.68 Å². The van der Waals surface area contributed by atoms with Gasteiger partial charge in [0.2, 0.25) is 0 Å². The summed E-state index contributed by atoms with van der Waals surface area (Å²) in [5.74, 6) is 0.0763. The lowest BCUT2D eigenvalue weighted by Crippen LogP contribution is -2.01. The van der Waals surface area contributed by atoms with Crippen LogP contribution in [0.3, 0.4) is 0 Å². The normalized spacial score (nSPS) is 10.0. The first kappa shape index (κ1) is 7.85. The van der Waals surface area contributed by atoms with E-state index in [4.69, 9.17) is 5.11 Å². The number of aryl methyl sites for hydroxylation is 2. The molecule has 0 aliphatic rings. The van der Waals surface area contributed by atoms with Crippen LogP contribution in [0.25, 0.3) is 5.76 Å². The molecule has 0 aromatic carbocycles. The van der Waals surface area contributed by atoms with Crippen molar-refractivity contribution in [3.8, 4) is 0 Å². The minimum absolute atomic E-state index is 0.0763. The standard InChI is InChI=1S/C8H12N2O/c1-4-10-8(7(3)11)5-6(2)9-10/h5,11H,3-4H2,1-2H3. The number of nitrogens with zero attached hydrogens (tertiary/aromatic N) is 2. The van der Waals surface area contributed by atoms with Crippen LogP contribution in [0.2, 0.25) is 0 Å². The van der Waals surface area contributed by atoms with Gasteiger partial charge in [-0.1, -0.05) is 6.58 Å². The van der Waals surface area contributed by atoms with Gasteiger partial charge in [-0.05, 0) is 19.9 Å². The van der Waals surface area contributed by atoms with Gasteiger partial charge in [0.05, 0.1) is 5.69 Å². The Kier molecular flexibility index (Phi) is 1.98. The van der Waals surface area contributed by atoms with Gasteiger partial charge in [0.1, 0.15) is 11.5 Å². The summed E-state index contributed by atoms with van der Waals surface area (Å²) in [5, 5.41) is 13.2. The molecule has 0 fully saturated rings. The van der Waals surface area contributed by atoms with E-state index in [1.165, 1.54) is 0 Å². The van der Waals surface area contributed by atoms with Gasteiger partial charge < -0.3 is 5.11 Å². The molecule has 1 rings (SSSR count). The zero-order valence-corrected chi connectivity index (χ0v) is 6.83. The summed E-state index contributed by atoms with van der Waals surface area (Å²) < 4.78 is 1.72. The van der Waals surface area contributed by atoms with E-state index < -0.39 is 0 Å². The molecule has 1 aromatic heterocycles. The zero-order chi connectivity index (χ0) is 8.43. The highest BCUT2D eigenvalue weighted by Crippen LogP contribution is 2.10. The van der Waals surface area contributed by atoms with Gasteiger partial charge in [0, 0.05) is 6.54 Å². The zero-order valence-electron chi connectivity index (χ0n) is 6.83. The smallest absolute Gasteiger partial charge is 0.133 e. The Morgan fingerprint density at radius 3 is 2.82 bits per heavy atom. The van der Waals surface area contributed by atoms with Crippen molar-refractivity contribution in [1.82, 2.24) is 9.78 Å². The van der Waals surface area contributed by atoms with E-state index in [1.54, 1.807) is 4.68 Å². The Hall–Kier alpha value is -1.25. The predicted molar refractivity (Wildman–Crippen MR) is 44.3 cm³/mol. The van der Waals surface area contributed by atoms with Crippen molar-refractivity contribution in [3.63, 3.8) is 0 Å². The summed E-state index contributed by atoms with van der Waals surface area (Å²) in [4.78, 5) is 0. The maximum absolute atomic E-state index is 9.09. The summed E-state index contributed by atoms with van der Waals surface area (Å²) in [5.41, 5.74) is 1.60. The molecule has 3 nitrogen and oxygen atoms in total. The van der Waals surface area contributed by atoms with Crippen molar-refractivity contribution in [2.45, 2.75) is 20.4 Å². The minimum Gasteiger partial charge on any atom is -0.506 e. The van der Waals surface area contributed by atoms with Crippen molar-refractivity contribution >= 4 is 5.76 Å². The number of aliphatic hydroxyl groups excluding tert-OH is 1. The SMILES string of the molecule is C=C(O)c1cc(C)nn1CC. The average molecular weight is 152 g/mol. The molecule has 0 saturated heterocycles. The van der Waals surface area contributed by atoms with Gasteiger partial charge in [-0.15, -0.1) is 0 Å². The van der Waals surface area contributed by atoms with Crippen LogP contribution in [0.1, 0.15) is 18.3 Å². The van der Waals surface area contributed by atoms with Crippen LogP contribution < -0.4 is 0 Å². The number of rotatable bonds is 2. The number of hydrogen-bond donors (Lipinski definition) is 1. The lowest BCUT2D eigenvalue weighted by molar-refractivity contribution is 0.497. The van der Waals surface area contributed by atoms with Crippen LogP contribution in [0.4, 0.5) is 0 Å². The molecule has 60 valence electrons. The van der Waals surface area contributed by atoms with Crippen LogP contribution in [0.5, 0.6) is 0 Å². The van der Waals surface area contributed by atoms with Crippen LogP contribution in [0.15, 0.2) is 12.6 Å². The fourth-order valence-corrected chi connectivity index (χ4v) is 1.02. The minimum atomic E-state index is 0.0763. The van der Waals surface area contributed by atoms with E-state index in [9.17, 15) is 0 Å². The van der Waals surface area contributed by atoms with E-state index in [0.717, 1.165) is 12.2 Å². The van der Waals surface area contributed by atoms with Crippen LogP contribution >= 0.6 is 0 Å². The summed E-state index contributed by atoms with van der Waals surface area (Å²) >= 11 is 0. The Morgan fingerprint density at radius 2 is 2.45 bits per heavy atom. The highest BCUT2D eigenvalue weighted by Gasteiger charge is 2.04. The molecule has 0 spiro atoms. The molecule has 3 heteroatoms. The molecular formula is C8H12N2O.